The van der Waals surface area contributed by atoms with E-state index in [0.29, 0.717) is 13.0 Å². The average Bonchev–Trinajstić information content (AvgIpc) is 2.35. The van der Waals surface area contributed by atoms with Crippen LogP contribution in [0.25, 0.3) is 6.08 Å². The van der Waals surface area contributed by atoms with E-state index in [1.165, 1.54) is 5.41 Å². The number of hydrogen-bond donors (Lipinski definition) is 2. The Morgan fingerprint density at radius 3 is 2.53 bits per heavy atom. The van der Waals surface area contributed by atoms with E-state index >= 15 is 0 Å². The van der Waals surface area contributed by atoms with Crippen LogP contribution in [-0.4, -0.2) is 21.0 Å². The minimum Gasteiger partial charge on any atom is -0.329 e. The summed E-state index contributed by atoms with van der Waals surface area (Å²) in [6.45, 7) is 2.19. The maximum absolute atomic E-state index is 11.7. The molecule has 0 amide bonds. The van der Waals surface area contributed by atoms with Crippen molar-refractivity contribution in [2.24, 2.45) is 5.73 Å². The molecule has 1 aromatic rings. The Kier molecular flexibility index (Phi) is 5.34. The van der Waals surface area contributed by atoms with Gasteiger partial charge < -0.3 is 5.73 Å². The molecule has 0 saturated carbocycles. The molecule has 0 aliphatic heterocycles. The molecule has 0 heterocycles. The highest BCUT2D eigenvalue weighted by atomic mass is 32.2. The van der Waals surface area contributed by atoms with E-state index < -0.39 is 10.0 Å². The lowest BCUT2D eigenvalue weighted by atomic mass is 10.2. The summed E-state index contributed by atoms with van der Waals surface area (Å²) in [5.41, 5.74) is 6.29. The van der Waals surface area contributed by atoms with E-state index in [9.17, 15) is 8.42 Å². The fourth-order valence-corrected chi connectivity index (χ4v) is 2.44. The van der Waals surface area contributed by atoms with Gasteiger partial charge >= 0.3 is 0 Å². The van der Waals surface area contributed by atoms with Crippen LogP contribution in [0.5, 0.6) is 0 Å². The molecule has 4 nitrogen and oxygen atoms in total. The van der Waals surface area contributed by atoms with E-state index in [0.717, 1.165) is 5.56 Å². The molecule has 0 radical (unpaired) electrons. The van der Waals surface area contributed by atoms with E-state index in [1.54, 1.807) is 6.08 Å². The minimum absolute atomic E-state index is 0.208. The highest BCUT2D eigenvalue weighted by Gasteiger charge is 2.11. The minimum atomic E-state index is -3.41. The molecule has 1 atom stereocenters. The third-order valence-electron chi connectivity index (χ3n) is 2.35. The molecular weight excluding hydrogens is 236 g/mol. The number of nitrogens with two attached hydrogens (primary N) is 1. The first kappa shape index (κ1) is 13.9. The maximum Gasteiger partial charge on any atom is 0.234 e. The monoisotopic (exact) mass is 254 g/mol. The number of rotatable bonds is 6. The predicted octanol–water partition coefficient (Wildman–Crippen LogP) is 1.31. The number of benzene rings is 1. The Morgan fingerprint density at radius 2 is 2.00 bits per heavy atom. The van der Waals surface area contributed by atoms with Crippen molar-refractivity contribution in [2.45, 2.75) is 19.4 Å². The summed E-state index contributed by atoms with van der Waals surface area (Å²) in [5, 5.41) is 1.17. The highest BCUT2D eigenvalue weighted by molar-refractivity contribution is 7.92. The summed E-state index contributed by atoms with van der Waals surface area (Å²) in [6.07, 6.45) is 2.24. The van der Waals surface area contributed by atoms with Gasteiger partial charge in [0.25, 0.3) is 0 Å². The van der Waals surface area contributed by atoms with Gasteiger partial charge in [0.2, 0.25) is 10.0 Å². The molecule has 0 aliphatic rings. The Bertz CT molecular complexity index is 451. The smallest absolute Gasteiger partial charge is 0.234 e. The molecular formula is C12H18N2O2S. The normalized spacial score (nSPS) is 14.0. The van der Waals surface area contributed by atoms with Crippen molar-refractivity contribution in [3.05, 3.63) is 41.3 Å². The van der Waals surface area contributed by atoms with Crippen LogP contribution in [0.3, 0.4) is 0 Å². The van der Waals surface area contributed by atoms with E-state index in [2.05, 4.69) is 4.72 Å². The summed E-state index contributed by atoms with van der Waals surface area (Å²) in [5.74, 6) is 0. The van der Waals surface area contributed by atoms with Gasteiger partial charge in [0.05, 0.1) is 0 Å². The molecule has 94 valence electrons. The average molecular weight is 254 g/mol. The largest absolute Gasteiger partial charge is 0.329 e. The maximum atomic E-state index is 11.7. The zero-order valence-corrected chi connectivity index (χ0v) is 10.7. The standard InChI is InChI=1S/C12H18N2O2S/c1-2-12(10-13)14-17(15,16)9-8-11-6-4-3-5-7-11/h3-9,12,14H,2,10,13H2,1H3. The van der Waals surface area contributed by atoms with Gasteiger partial charge in [-0.25, -0.2) is 13.1 Å². The van der Waals surface area contributed by atoms with Crippen molar-refractivity contribution < 1.29 is 8.42 Å². The van der Waals surface area contributed by atoms with Gasteiger partial charge in [0, 0.05) is 18.0 Å². The molecule has 1 unspecified atom stereocenters. The van der Waals surface area contributed by atoms with Crippen LogP contribution in [0.2, 0.25) is 0 Å². The van der Waals surface area contributed by atoms with Gasteiger partial charge in [0.15, 0.2) is 0 Å². The van der Waals surface area contributed by atoms with Crippen LogP contribution in [0.4, 0.5) is 0 Å². The third-order valence-corrected chi connectivity index (χ3v) is 3.50. The SMILES string of the molecule is CCC(CN)NS(=O)(=O)C=Cc1ccccc1. The Hall–Kier alpha value is -1.17. The summed E-state index contributed by atoms with van der Waals surface area (Å²) < 4.78 is 25.9. The first-order valence-electron chi connectivity index (χ1n) is 5.53. The van der Waals surface area contributed by atoms with Gasteiger partial charge in [-0.2, -0.15) is 0 Å². The van der Waals surface area contributed by atoms with Crippen LogP contribution in [0.1, 0.15) is 18.9 Å². The van der Waals surface area contributed by atoms with Crippen LogP contribution in [0.15, 0.2) is 35.7 Å². The third kappa shape index (κ3) is 5.12. The quantitative estimate of drug-likeness (QED) is 0.804. The first-order valence-corrected chi connectivity index (χ1v) is 7.07. The van der Waals surface area contributed by atoms with Gasteiger partial charge in [-0.3, -0.25) is 0 Å². The lowest BCUT2D eigenvalue weighted by Crippen LogP contribution is -2.38. The molecule has 0 bridgehead atoms. The van der Waals surface area contributed by atoms with Crippen molar-refractivity contribution in [1.29, 1.82) is 0 Å². The number of sulfonamides is 1. The Balaban J connectivity index is 2.70. The molecule has 5 heteroatoms. The molecule has 1 rings (SSSR count). The lowest BCUT2D eigenvalue weighted by Gasteiger charge is -2.12. The number of hydrogen-bond acceptors (Lipinski definition) is 3. The second-order valence-corrected chi connectivity index (χ2v) is 5.32. The van der Waals surface area contributed by atoms with Crippen molar-refractivity contribution in [1.82, 2.24) is 4.72 Å². The van der Waals surface area contributed by atoms with E-state index in [-0.39, 0.29) is 6.04 Å². The van der Waals surface area contributed by atoms with Crippen molar-refractivity contribution in [3.63, 3.8) is 0 Å². The zero-order valence-electron chi connectivity index (χ0n) is 9.84. The van der Waals surface area contributed by atoms with E-state index in [4.69, 9.17) is 5.73 Å². The van der Waals surface area contributed by atoms with Crippen LogP contribution in [0, 0.1) is 0 Å². The molecule has 0 saturated heterocycles. The molecule has 1 aromatic carbocycles. The van der Waals surface area contributed by atoms with Crippen LogP contribution < -0.4 is 10.5 Å². The molecule has 0 fully saturated rings. The van der Waals surface area contributed by atoms with Gasteiger partial charge in [0.1, 0.15) is 0 Å². The first-order chi connectivity index (χ1) is 8.07. The van der Waals surface area contributed by atoms with Gasteiger partial charge in [-0.1, -0.05) is 37.3 Å². The molecule has 17 heavy (non-hydrogen) atoms. The summed E-state index contributed by atoms with van der Waals surface area (Å²) >= 11 is 0. The zero-order chi connectivity index (χ0) is 12.7. The van der Waals surface area contributed by atoms with Crippen molar-refractivity contribution in [2.75, 3.05) is 6.54 Å². The fraction of sp³-hybridized carbons (Fsp3) is 0.333. The Morgan fingerprint density at radius 1 is 1.35 bits per heavy atom. The van der Waals surface area contributed by atoms with Gasteiger partial charge in [-0.05, 0) is 18.1 Å². The second-order valence-electron chi connectivity index (χ2n) is 3.72. The Labute approximate surface area is 103 Å². The van der Waals surface area contributed by atoms with Crippen molar-refractivity contribution >= 4 is 16.1 Å². The van der Waals surface area contributed by atoms with Crippen LogP contribution >= 0.6 is 0 Å². The second kappa shape index (κ2) is 6.54. The number of nitrogens with one attached hydrogen (secondary N) is 1. The summed E-state index contributed by atoms with van der Waals surface area (Å²) in [6, 6.07) is 9.06. The topological polar surface area (TPSA) is 72.2 Å². The lowest BCUT2D eigenvalue weighted by molar-refractivity contribution is 0.550. The highest BCUT2D eigenvalue weighted by Crippen LogP contribution is 2.03. The fourth-order valence-electron chi connectivity index (χ4n) is 1.30. The molecule has 0 aliphatic carbocycles. The molecule has 3 N–H and O–H groups in total. The summed E-state index contributed by atoms with van der Waals surface area (Å²) in [4.78, 5) is 0. The van der Waals surface area contributed by atoms with Crippen molar-refractivity contribution in [3.8, 4) is 0 Å². The molecule has 0 aromatic heterocycles. The predicted molar refractivity (Wildman–Crippen MR) is 70.7 cm³/mol. The van der Waals surface area contributed by atoms with E-state index in [1.807, 2.05) is 37.3 Å². The van der Waals surface area contributed by atoms with Gasteiger partial charge in [-0.15, -0.1) is 0 Å². The summed E-state index contributed by atoms with van der Waals surface area (Å²) in [7, 11) is -3.41. The molecule has 0 spiro atoms. The van der Waals surface area contributed by atoms with Crippen LogP contribution in [-0.2, 0) is 10.0 Å².